The van der Waals surface area contributed by atoms with Gasteiger partial charge >= 0.3 is 0 Å². The smallest absolute Gasteiger partial charge is 0.267 e. The predicted octanol–water partition coefficient (Wildman–Crippen LogP) is 3.61. The number of ether oxygens (including phenoxy) is 2. The Morgan fingerprint density at radius 3 is 2.48 bits per heavy atom. The molecule has 0 unspecified atom stereocenters. The number of methoxy groups -OCH3 is 2. The zero-order valence-corrected chi connectivity index (χ0v) is 16.8. The Balaban J connectivity index is 1.49. The lowest BCUT2D eigenvalue weighted by Crippen LogP contribution is -2.48. The van der Waals surface area contributed by atoms with Gasteiger partial charge in [0.2, 0.25) is 0 Å². The van der Waals surface area contributed by atoms with Crippen LogP contribution in [-0.2, 0) is 12.8 Å². The Labute approximate surface area is 164 Å². The summed E-state index contributed by atoms with van der Waals surface area (Å²) in [4.78, 5) is 19.6. The number of amides is 1. The average molecular weight is 387 g/mol. The minimum absolute atomic E-state index is 0.117. The van der Waals surface area contributed by atoms with Crippen LogP contribution < -0.4 is 14.4 Å². The predicted molar refractivity (Wildman–Crippen MR) is 109 cm³/mol. The molecule has 6 heteroatoms. The van der Waals surface area contributed by atoms with E-state index in [-0.39, 0.29) is 5.91 Å². The minimum Gasteiger partial charge on any atom is -0.495 e. The fourth-order valence-electron chi connectivity index (χ4n) is 4.08. The summed E-state index contributed by atoms with van der Waals surface area (Å²) in [5, 5.41) is 0. The van der Waals surface area contributed by atoms with Gasteiger partial charge in [0.25, 0.3) is 5.91 Å². The second-order valence-electron chi connectivity index (χ2n) is 7.02. The summed E-state index contributed by atoms with van der Waals surface area (Å²) in [6.45, 7) is 3.03. The van der Waals surface area contributed by atoms with Crippen LogP contribution in [-0.4, -0.2) is 51.2 Å². The average Bonchev–Trinajstić information content (AvgIpc) is 3.12. The zero-order valence-electron chi connectivity index (χ0n) is 16.0. The number of hydrogen-bond acceptors (Lipinski definition) is 5. The second kappa shape index (κ2) is 7.80. The van der Waals surface area contributed by atoms with Gasteiger partial charge in [-0.25, -0.2) is 0 Å². The summed E-state index contributed by atoms with van der Waals surface area (Å²) >= 11 is 1.64. The minimum atomic E-state index is 0.117. The lowest BCUT2D eigenvalue weighted by atomic mass is 9.98. The van der Waals surface area contributed by atoms with E-state index in [0.717, 1.165) is 48.0 Å². The quantitative estimate of drug-likeness (QED) is 0.805. The lowest BCUT2D eigenvalue weighted by molar-refractivity contribution is 0.0748. The number of rotatable bonds is 4. The van der Waals surface area contributed by atoms with E-state index in [1.165, 1.54) is 23.3 Å². The highest BCUT2D eigenvalue weighted by Gasteiger charge is 2.30. The van der Waals surface area contributed by atoms with Crippen LogP contribution in [0.1, 0.15) is 33.0 Å². The highest BCUT2D eigenvalue weighted by molar-refractivity contribution is 7.14. The Bertz CT molecular complexity index is 825. The molecule has 1 aliphatic carbocycles. The fourth-order valence-corrected chi connectivity index (χ4v) is 5.41. The molecule has 0 N–H and O–H groups in total. The van der Waals surface area contributed by atoms with E-state index < -0.39 is 0 Å². The van der Waals surface area contributed by atoms with Crippen LogP contribution in [0.3, 0.4) is 0 Å². The Morgan fingerprint density at radius 2 is 1.74 bits per heavy atom. The normalized spacial score (nSPS) is 16.8. The molecule has 144 valence electrons. The first-order chi connectivity index (χ1) is 13.2. The van der Waals surface area contributed by atoms with Gasteiger partial charge in [-0.3, -0.25) is 4.79 Å². The molecule has 1 aromatic heterocycles. The summed E-state index contributed by atoms with van der Waals surface area (Å²) < 4.78 is 11.1. The third-order valence-electron chi connectivity index (χ3n) is 5.51. The van der Waals surface area contributed by atoms with Crippen molar-refractivity contribution in [3.05, 3.63) is 39.6 Å². The first-order valence-corrected chi connectivity index (χ1v) is 10.4. The summed E-state index contributed by atoms with van der Waals surface area (Å²) in [7, 11) is 3.39. The standard InChI is InChI=1S/C21H26N2O3S/c1-25-17-9-5-4-8-16(17)22-11-13-23(14-12-22)21(24)20-19(26-2)15-7-3-6-10-18(15)27-20/h4-5,8-9H,3,6-7,10-14H2,1-2H3. The molecule has 1 saturated heterocycles. The van der Waals surface area contributed by atoms with E-state index >= 15 is 0 Å². The van der Waals surface area contributed by atoms with Crippen LogP contribution >= 0.6 is 11.3 Å². The van der Waals surface area contributed by atoms with Gasteiger partial charge in [0.15, 0.2) is 0 Å². The highest BCUT2D eigenvalue weighted by Crippen LogP contribution is 2.40. The van der Waals surface area contributed by atoms with Crippen molar-refractivity contribution in [2.24, 2.45) is 0 Å². The van der Waals surface area contributed by atoms with E-state index in [1.807, 2.05) is 23.1 Å². The lowest BCUT2D eigenvalue weighted by Gasteiger charge is -2.36. The molecule has 4 rings (SSSR count). The van der Waals surface area contributed by atoms with Gasteiger partial charge in [-0.15, -0.1) is 11.3 Å². The third-order valence-corrected chi connectivity index (χ3v) is 6.77. The number of thiophene rings is 1. The maximum Gasteiger partial charge on any atom is 0.267 e. The van der Waals surface area contributed by atoms with Gasteiger partial charge in [-0.2, -0.15) is 0 Å². The number of aryl methyl sites for hydroxylation is 1. The Hall–Kier alpha value is -2.21. The number of carbonyl (C=O) groups is 1. The number of benzene rings is 1. The molecule has 1 fully saturated rings. The van der Waals surface area contributed by atoms with Gasteiger partial charge < -0.3 is 19.3 Å². The zero-order chi connectivity index (χ0) is 18.8. The summed E-state index contributed by atoms with van der Waals surface area (Å²) in [5.74, 6) is 1.82. The summed E-state index contributed by atoms with van der Waals surface area (Å²) in [6, 6.07) is 8.06. The van der Waals surface area contributed by atoms with Gasteiger partial charge in [-0.05, 0) is 37.8 Å². The number of anilines is 1. The number of hydrogen-bond donors (Lipinski definition) is 0. The maximum atomic E-state index is 13.2. The third kappa shape index (κ3) is 3.38. The van der Waals surface area contributed by atoms with E-state index in [0.29, 0.717) is 13.1 Å². The molecular formula is C21H26N2O3S. The van der Waals surface area contributed by atoms with E-state index in [9.17, 15) is 4.79 Å². The van der Waals surface area contributed by atoms with Crippen molar-refractivity contribution in [3.63, 3.8) is 0 Å². The Morgan fingerprint density at radius 1 is 1.00 bits per heavy atom. The van der Waals surface area contributed by atoms with Crippen molar-refractivity contribution in [3.8, 4) is 11.5 Å². The molecular weight excluding hydrogens is 360 g/mol. The van der Waals surface area contributed by atoms with Gasteiger partial charge in [-0.1, -0.05) is 12.1 Å². The van der Waals surface area contributed by atoms with Crippen molar-refractivity contribution in [1.82, 2.24) is 4.90 Å². The number of nitrogens with zero attached hydrogens (tertiary/aromatic N) is 2. The summed E-state index contributed by atoms with van der Waals surface area (Å²) in [5.41, 5.74) is 2.36. The topological polar surface area (TPSA) is 42.0 Å². The molecule has 2 aliphatic rings. The first-order valence-electron chi connectivity index (χ1n) is 9.58. The highest BCUT2D eigenvalue weighted by atomic mass is 32.1. The monoisotopic (exact) mass is 386 g/mol. The molecule has 0 atom stereocenters. The molecule has 2 aromatic rings. The van der Waals surface area contributed by atoms with Crippen LogP contribution in [0.4, 0.5) is 5.69 Å². The molecule has 1 aromatic carbocycles. The number of para-hydroxylation sites is 2. The van der Waals surface area contributed by atoms with E-state index in [2.05, 4.69) is 11.0 Å². The molecule has 0 radical (unpaired) electrons. The van der Waals surface area contributed by atoms with Crippen molar-refractivity contribution in [1.29, 1.82) is 0 Å². The van der Waals surface area contributed by atoms with E-state index in [1.54, 1.807) is 25.6 Å². The van der Waals surface area contributed by atoms with Crippen molar-refractivity contribution in [2.45, 2.75) is 25.7 Å². The van der Waals surface area contributed by atoms with E-state index in [4.69, 9.17) is 9.47 Å². The second-order valence-corrected chi connectivity index (χ2v) is 8.13. The van der Waals surface area contributed by atoms with Crippen LogP contribution in [0, 0.1) is 0 Å². The fraction of sp³-hybridized carbons (Fsp3) is 0.476. The van der Waals surface area contributed by atoms with Crippen LogP contribution in [0.2, 0.25) is 0 Å². The first kappa shape index (κ1) is 18.2. The Kier molecular flexibility index (Phi) is 5.25. The van der Waals surface area contributed by atoms with Gasteiger partial charge in [0, 0.05) is 36.6 Å². The van der Waals surface area contributed by atoms with Crippen molar-refractivity contribution >= 4 is 22.9 Å². The molecule has 27 heavy (non-hydrogen) atoms. The molecule has 2 heterocycles. The SMILES string of the molecule is COc1ccccc1N1CCN(C(=O)c2sc3c(c2OC)CCCC3)CC1. The van der Waals surface area contributed by atoms with Crippen LogP contribution in [0.25, 0.3) is 0 Å². The van der Waals surface area contributed by atoms with Gasteiger partial charge in [0.1, 0.15) is 16.4 Å². The largest absolute Gasteiger partial charge is 0.495 e. The summed E-state index contributed by atoms with van der Waals surface area (Å²) in [6.07, 6.45) is 4.50. The van der Waals surface area contributed by atoms with Crippen molar-refractivity contribution in [2.75, 3.05) is 45.3 Å². The number of piperazine rings is 1. The molecule has 0 spiro atoms. The molecule has 1 aliphatic heterocycles. The van der Waals surface area contributed by atoms with Crippen LogP contribution in [0.5, 0.6) is 11.5 Å². The van der Waals surface area contributed by atoms with Crippen LogP contribution in [0.15, 0.2) is 24.3 Å². The molecule has 0 bridgehead atoms. The van der Waals surface area contributed by atoms with Gasteiger partial charge in [0.05, 0.1) is 19.9 Å². The molecule has 5 nitrogen and oxygen atoms in total. The number of fused-ring (bicyclic) bond motifs is 1. The molecule has 1 amide bonds. The number of carbonyl (C=O) groups excluding carboxylic acids is 1. The maximum absolute atomic E-state index is 13.2. The molecule has 0 saturated carbocycles. The van der Waals surface area contributed by atoms with Crippen molar-refractivity contribution < 1.29 is 14.3 Å².